The lowest BCUT2D eigenvalue weighted by Gasteiger charge is -2.42. The molecule has 2 fully saturated rings. The molecule has 0 aromatic rings. The third-order valence-corrected chi connectivity index (χ3v) is 12.0. The Morgan fingerprint density at radius 1 is 0.507 bits per heavy atom. The van der Waals surface area contributed by atoms with Gasteiger partial charge in [-0.05, 0) is 57.8 Å². The first-order valence-electron chi connectivity index (χ1n) is 25.9. The Morgan fingerprint density at radius 2 is 0.970 bits per heavy atom. The Bertz CT molecular complexity index is 1340. The van der Waals surface area contributed by atoms with E-state index in [0.717, 1.165) is 70.6 Å². The van der Waals surface area contributed by atoms with Gasteiger partial charge in [-0.15, -0.1) is 0 Å². The minimum absolute atomic E-state index is 0.0475. The third-order valence-electron chi connectivity index (χ3n) is 12.0. The molecule has 2 saturated heterocycles. The summed E-state index contributed by atoms with van der Waals surface area (Å²) in [5.41, 5.74) is 0. The highest BCUT2D eigenvalue weighted by Crippen LogP contribution is 2.26. The summed E-state index contributed by atoms with van der Waals surface area (Å²) < 4.78 is 34.2. The molecule has 0 amide bonds. The molecule has 0 spiro atoms. The maximum absolute atomic E-state index is 13.0. The van der Waals surface area contributed by atoms with E-state index in [9.17, 15) is 40.5 Å². The molecule has 0 radical (unpaired) electrons. The minimum Gasteiger partial charge on any atom is -0.457 e. The van der Waals surface area contributed by atoms with Gasteiger partial charge in [0.1, 0.15) is 54.9 Å². The lowest BCUT2D eigenvalue weighted by atomic mass is 9.98. The summed E-state index contributed by atoms with van der Waals surface area (Å²) in [5, 5.41) is 72.1. The van der Waals surface area contributed by atoms with Crippen molar-refractivity contribution >= 4 is 5.97 Å². The lowest BCUT2D eigenvalue weighted by molar-refractivity contribution is -0.332. The van der Waals surface area contributed by atoms with Gasteiger partial charge in [0.15, 0.2) is 12.6 Å². The normalized spacial score (nSPS) is 26.6. The van der Waals surface area contributed by atoms with Gasteiger partial charge < -0.3 is 64.2 Å². The maximum atomic E-state index is 13.0. The molecule has 7 N–H and O–H groups in total. The van der Waals surface area contributed by atoms with Crippen LogP contribution in [0.3, 0.4) is 0 Å². The molecule has 0 aromatic carbocycles. The van der Waals surface area contributed by atoms with Crippen LogP contribution in [0, 0.1) is 0 Å². The largest absolute Gasteiger partial charge is 0.457 e. The fourth-order valence-corrected chi connectivity index (χ4v) is 7.84. The predicted molar refractivity (Wildman–Crippen MR) is 261 cm³/mol. The van der Waals surface area contributed by atoms with Crippen molar-refractivity contribution in [2.45, 2.75) is 235 Å². The highest BCUT2D eigenvalue weighted by molar-refractivity contribution is 5.69. The number of allylic oxidation sites excluding steroid dienone is 10. The molecule has 2 aliphatic rings. The standard InChI is InChI=1S/C53H92O14/c1-3-5-7-9-11-13-15-17-19-20-21-22-23-24-26-28-30-32-34-36-45(55)65-42(39-62-37-35-33-31-29-27-25-18-16-14-12-10-8-6-4-2)40-63-52-51(61)49(59)47(57)44(67-52)41-64-53-50(60)48(58)46(56)43(38-54)66-53/h5,7,11,13,17,19,21-22,24,26,42-44,46-54,56-61H,3-4,6,8-10,12,14-16,18,20,23,25,27-41H2,1-2H3/b7-5-,13-11-,19-17-,22-21-,26-24-. The Labute approximate surface area is 403 Å². The van der Waals surface area contributed by atoms with Gasteiger partial charge in [-0.1, -0.05) is 164 Å². The van der Waals surface area contributed by atoms with Crippen LogP contribution in [-0.2, 0) is 33.2 Å². The number of ether oxygens (including phenoxy) is 6. The van der Waals surface area contributed by atoms with E-state index in [1.807, 2.05) is 0 Å². The van der Waals surface area contributed by atoms with Crippen molar-refractivity contribution in [1.82, 2.24) is 0 Å². The van der Waals surface area contributed by atoms with Crippen molar-refractivity contribution in [2.24, 2.45) is 0 Å². The summed E-state index contributed by atoms with van der Waals surface area (Å²) in [6.45, 7) is 3.53. The lowest BCUT2D eigenvalue weighted by Crippen LogP contribution is -2.61. The van der Waals surface area contributed by atoms with E-state index in [4.69, 9.17) is 28.4 Å². The van der Waals surface area contributed by atoms with Crippen molar-refractivity contribution in [3.05, 3.63) is 60.8 Å². The summed E-state index contributed by atoms with van der Waals surface area (Å²) in [6, 6.07) is 0. The minimum atomic E-state index is -1.71. The van der Waals surface area contributed by atoms with Crippen LogP contribution in [0.1, 0.15) is 168 Å². The molecule has 2 heterocycles. The van der Waals surface area contributed by atoms with Gasteiger partial charge in [-0.3, -0.25) is 4.79 Å². The molecule has 388 valence electrons. The first-order chi connectivity index (χ1) is 32.6. The van der Waals surface area contributed by atoms with Gasteiger partial charge >= 0.3 is 5.97 Å². The van der Waals surface area contributed by atoms with E-state index in [1.54, 1.807) is 0 Å². The van der Waals surface area contributed by atoms with Crippen LogP contribution in [-0.4, -0.2) is 142 Å². The van der Waals surface area contributed by atoms with Crippen LogP contribution in [0.5, 0.6) is 0 Å². The Morgan fingerprint density at radius 3 is 1.51 bits per heavy atom. The van der Waals surface area contributed by atoms with E-state index >= 15 is 0 Å². The third kappa shape index (κ3) is 28.2. The van der Waals surface area contributed by atoms with E-state index in [-0.39, 0.29) is 19.6 Å². The first kappa shape index (κ1) is 60.8. The van der Waals surface area contributed by atoms with Gasteiger partial charge in [0, 0.05) is 13.0 Å². The monoisotopic (exact) mass is 953 g/mol. The highest BCUT2D eigenvalue weighted by atomic mass is 16.7. The zero-order chi connectivity index (χ0) is 48.7. The fourth-order valence-electron chi connectivity index (χ4n) is 7.84. The van der Waals surface area contributed by atoms with Gasteiger partial charge in [0.25, 0.3) is 0 Å². The van der Waals surface area contributed by atoms with Gasteiger partial charge in [0.05, 0.1) is 26.4 Å². The zero-order valence-electron chi connectivity index (χ0n) is 41.1. The second-order valence-electron chi connectivity index (χ2n) is 18.0. The van der Waals surface area contributed by atoms with E-state index in [0.29, 0.717) is 13.0 Å². The van der Waals surface area contributed by atoms with E-state index < -0.39 is 86.7 Å². The molecule has 67 heavy (non-hydrogen) atoms. The molecule has 11 unspecified atom stereocenters. The maximum Gasteiger partial charge on any atom is 0.306 e. The predicted octanol–water partition coefficient (Wildman–Crippen LogP) is 7.74. The van der Waals surface area contributed by atoms with Crippen molar-refractivity contribution in [3.8, 4) is 0 Å². The number of aliphatic hydroxyl groups excluding tert-OH is 7. The number of aliphatic hydroxyl groups is 7. The van der Waals surface area contributed by atoms with E-state index in [1.165, 1.54) is 70.6 Å². The van der Waals surface area contributed by atoms with Crippen LogP contribution in [0.15, 0.2) is 60.8 Å². The van der Waals surface area contributed by atoms with Crippen LogP contribution >= 0.6 is 0 Å². The van der Waals surface area contributed by atoms with Crippen molar-refractivity contribution in [3.63, 3.8) is 0 Å². The van der Waals surface area contributed by atoms with Crippen LogP contribution in [0.4, 0.5) is 0 Å². The van der Waals surface area contributed by atoms with Crippen LogP contribution in [0.25, 0.3) is 0 Å². The quantitative estimate of drug-likeness (QED) is 0.0178. The highest BCUT2D eigenvalue weighted by Gasteiger charge is 2.47. The zero-order valence-corrected chi connectivity index (χ0v) is 41.1. The average molecular weight is 953 g/mol. The molecule has 0 bridgehead atoms. The fraction of sp³-hybridized carbons (Fsp3) is 0.792. The molecular weight excluding hydrogens is 861 g/mol. The molecule has 0 aliphatic carbocycles. The molecule has 0 saturated carbocycles. The van der Waals surface area contributed by atoms with Crippen molar-refractivity contribution < 1.29 is 69.0 Å². The van der Waals surface area contributed by atoms with Gasteiger partial charge in [-0.2, -0.15) is 0 Å². The number of hydrogen-bond donors (Lipinski definition) is 7. The summed E-state index contributed by atoms with van der Waals surface area (Å²) in [5.74, 6) is -0.407. The molecule has 11 atom stereocenters. The van der Waals surface area contributed by atoms with Gasteiger partial charge in [0.2, 0.25) is 0 Å². The Hall–Kier alpha value is -2.31. The first-order valence-corrected chi connectivity index (χ1v) is 25.9. The number of unbranched alkanes of at least 4 members (excludes halogenated alkanes) is 16. The molecule has 14 heteroatoms. The molecule has 0 aromatic heterocycles. The summed E-state index contributed by atoms with van der Waals surface area (Å²) in [4.78, 5) is 13.0. The van der Waals surface area contributed by atoms with Gasteiger partial charge in [-0.25, -0.2) is 0 Å². The van der Waals surface area contributed by atoms with Crippen molar-refractivity contribution in [1.29, 1.82) is 0 Å². The number of esters is 1. The Balaban J connectivity index is 1.79. The van der Waals surface area contributed by atoms with Crippen molar-refractivity contribution in [2.75, 3.05) is 33.0 Å². The van der Waals surface area contributed by atoms with Crippen LogP contribution in [0.2, 0.25) is 0 Å². The number of carbonyl (C=O) groups excluding carboxylic acids is 1. The molecule has 14 nitrogen and oxygen atoms in total. The second kappa shape index (κ2) is 40.4. The molecule has 2 rings (SSSR count). The summed E-state index contributed by atoms with van der Waals surface area (Å²) in [7, 11) is 0. The SMILES string of the molecule is CC/C=C\C/C=C\C/C=C\C/C=C\C/C=C\CCCCCC(=O)OC(COCCCCCCCCCCCCCCCC)COC1OC(COC2OC(CO)C(O)C(O)C2O)C(O)C(O)C1O. The summed E-state index contributed by atoms with van der Waals surface area (Å²) >= 11 is 0. The molecule has 2 aliphatic heterocycles. The topological polar surface area (TPSA) is 214 Å². The van der Waals surface area contributed by atoms with Crippen LogP contribution < -0.4 is 0 Å². The Kier molecular flexibility index (Phi) is 36.7. The molecular formula is C53H92O14. The summed E-state index contributed by atoms with van der Waals surface area (Å²) in [6.07, 6.45) is 31.4. The number of carbonyl (C=O) groups is 1. The number of rotatable bonds is 40. The average Bonchev–Trinajstić information content (AvgIpc) is 3.32. The second-order valence-corrected chi connectivity index (χ2v) is 18.0. The number of hydrogen-bond acceptors (Lipinski definition) is 14. The smallest absolute Gasteiger partial charge is 0.306 e. The van der Waals surface area contributed by atoms with E-state index in [2.05, 4.69) is 74.6 Å².